The molecular weight excluding hydrogens is 452 g/mol. The van der Waals surface area contributed by atoms with Crippen LogP contribution in [0.2, 0.25) is 0 Å². The van der Waals surface area contributed by atoms with Crippen molar-refractivity contribution >= 4 is 28.0 Å². The van der Waals surface area contributed by atoms with E-state index in [-0.39, 0.29) is 40.4 Å². The summed E-state index contributed by atoms with van der Waals surface area (Å²) in [5, 5.41) is 30.1. The van der Waals surface area contributed by atoms with Gasteiger partial charge in [0.2, 0.25) is 0 Å². The molecule has 172 valence electrons. The van der Waals surface area contributed by atoms with Gasteiger partial charge < -0.3 is 24.5 Å². The van der Waals surface area contributed by atoms with Crippen molar-refractivity contribution in [2.45, 2.75) is 12.3 Å². The summed E-state index contributed by atoms with van der Waals surface area (Å²) < 4.78 is 11.6. The molecule has 1 aliphatic heterocycles. The highest BCUT2D eigenvalue weighted by Gasteiger charge is 2.34. The predicted octanol–water partition coefficient (Wildman–Crippen LogP) is 3.96. The number of nitrogens with zero attached hydrogens (tertiary/aromatic N) is 2. The normalized spacial score (nSPS) is 15.2. The van der Waals surface area contributed by atoms with E-state index in [0.29, 0.717) is 27.7 Å². The van der Waals surface area contributed by atoms with Gasteiger partial charge in [0.05, 0.1) is 17.5 Å². The standard InChI is InChI=1S/C26H16N2O7/c29-16-5-4-12(8-17(16)30)20-10-18(31)24-19(32)11-21-23(26(24)35-20)14(9-22(33)34-21)13-2-1-3-15-25(13)28-7-6-27-15/h1-8,10-11,14,29-30,32H,9H2/t14-/m1/s1. The van der Waals surface area contributed by atoms with Crippen LogP contribution in [0.3, 0.4) is 0 Å². The number of aromatic nitrogens is 2. The highest BCUT2D eigenvalue weighted by Crippen LogP contribution is 2.47. The van der Waals surface area contributed by atoms with E-state index < -0.39 is 23.1 Å². The number of phenolic OH excluding ortho intramolecular Hbond substituents is 3. The predicted molar refractivity (Wildman–Crippen MR) is 125 cm³/mol. The van der Waals surface area contributed by atoms with Crippen molar-refractivity contribution < 1.29 is 29.3 Å². The molecule has 2 aromatic heterocycles. The molecule has 1 atom stereocenters. The number of hydrogen-bond acceptors (Lipinski definition) is 9. The lowest BCUT2D eigenvalue weighted by Crippen LogP contribution is -2.22. The first-order chi connectivity index (χ1) is 16.9. The number of esters is 1. The molecule has 0 saturated carbocycles. The summed E-state index contributed by atoms with van der Waals surface area (Å²) in [7, 11) is 0. The van der Waals surface area contributed by atoms with E-state index in [0.717, 1.165) is 0 Å². The number of ether oxygens (including phenoxy) is 1. The Morgan fingerprint density at radius 1 is 0.886 bits per heavy atom. The molecule has 1 aliphatic rings. The number of hydrogen-bond donors (Lipinski definition) is 3. The zero-order valence-corrected chi connectivity index (χ0v) is 17.9. The van der Waals surface area contributed by atoms with Crippen LogP contribution in [0.1, 0.15) is 23.5 Å². The Balaban J connectivity index is 1.68. The minimum Gasteiger partial charge on any atom is -0.507 e. The molecule has 5 aromatic rings. The Morgan fingerprint density at radius 3 is 2.54 bits per heavy atom. The smallest absolute Gasteiger partial charge is 0.312 e. The molecule has 0 aliphatic carbocycles. The lowest BCUT2D eigenvalue weighted by Gasteiger charge is -2.26. The van der Waals surface area contributed by atoms with Gasteiger partial charge in [0, 0.05) is 41.6 Å². The molecule has 35 heavy (non-hydrogen) atoms. The van der Waals surface area contributed by atoms with Crippen LogP contribution in [-0.4, -0.2) is 31.3 Å². The molecule has 0 radical (unpaired) electrons. The minimum absolute atomic E-state index is 0.0451. The van der Waals surface area contributed by atoms with Gasteiger partial charge in [-0.25, -0.2) is 0 Å². The quantitative estimate of drug-likeness (QED) is 0.199. The number of fused-ring (bicyclic) bond motifs is 4. The van der Waals surface area contributed by atoms with Crippen molar-refractivity contribution in [3.63, 3.8) is 0 Å². The molecular formula is C26H16N2O7. The van der Waals surface area contributed by atoms with Crippen molar-refractivity contribution in [1.29, 1.82) is 0 Å². The highest BCUT2D eigenvalue weighted by molar-refractivity contribution is 5.94. The highest BCUT2D eigenvalue weighted by atomic mass is 16.5. The lowest BCUT2D eigenvalue weighted by atomic mass is 9.84. The number of carbonyl (C=O) groups excluding carboxylic acids is 1. The molecule has 0 unspecified atom stereocenters. The average Bonchev–Trinajstić information content (AvgIpc) is 2.84. The van der Waals surface area contributed by atoms with E-state index in [1.807, 2.05) is 6.07 Å². The van der Waals surface area contributed by atoms with Crippen LogP contribution in [0.25, 0.3) is 33.3 Å². The number of para-hydroxylation sites is 1. The summed E-state index contributed by atoms with van der Waals surface area (Å²) in [6, 6.07) is 11.9. The van der Waals surface area contributed by atoms with Crippen molar-refractivity contribution in [1.82, 2.24) is 9.97 Å². The van der Waals surface area contributed by atoms with E-state index in [9.17, 15) is 24.9 Å². The third-order valence-electron chi connectivity index (χ3n) is 6.09. The third kappa shape index (κ3) is 3.24. The van der Waals surface area contributed by atoms with Gasteiger partial charge in [-0.3, -0.25) is 19.6 Å². The van der Waals surface area contributed by atoms with Crippen molar-refractivity contribution in [3.05, 3.63) is 82.3 Å². The zero-order valence-electron chi connectivity index (χ0n) is 17.9. The molecule has 0 saturated heterocycles. The maximum atomic E-state index is 13.1. The van der Waals surface area contributed by atoms with Gasteiger partial charge in [0.15, 0.2) is 16.9 Å². The Labute approximate surface area is 196 Å². The second-order valence-corrected chi connectivity index (χ2v) is 8.19. The average molecular weight is 468 g/mol. The Hall–Kier alpha value is -4.92. The van der Waals surface area contributed by atoms with Crippen molar-refractivity contribution in [2.75, 3.05) is 0 Å². The maximum Gasteiger partial charge on any atom is 0.312 e. The number of phenols is 3. The monoisotopic (exact) mass is 468 g/mol. The molecule has 9 nitrogen and oxygen atoms in total. The molecule has 3 N–H and O–H groups in total. The minimum atomic E-state index is -0.596. The van der Waals surface area contributed by atoms with Gasteiger partial charge in [-0.1, -0.05) is 12.1 Å². The van der Waals surface area contributed by atoms with Crippen LogP contribution in [0, 0.1) is 0 Å². The van der Waals surface area contributed by atoms with Crippen LogP contribution < -0.4 is 10.2 Å². The van der Waals surface area contributed by atoms with Gasteiger partial charge in [0.25, 0.3) is 0 Å². The first kappa shape index (κ1) is 20.7. The molecule has 0 spiro atoms. The van der Waals surface area contributed by atoms with Gasteiger partial charge in [-0.05, 0) is 29.8 Å². The third-order valence-corrected chi connectivity index (χ3v) is 6.09. The lowest BCUT2D eigenvalue weighted by molar-refractivity contribution is -0.135. The molecule has 3 heterocycles. The van der Waals surface area contributed by atoms with Crippen LogP contribution in [0.4, 0.5) is 0 Å². The fourth-order valence-corrected chi connectivity index (χ4v) is 4.54. The summed E-state index contributed by atoms with van der Waals surface area (Å²) in [6.45, 7) is 0. The number of aromatic hydroxyl groups is 3. The number of rotatable bonds is 2. The van der Waals surface area contributed by atoms with Gasteiger partial charge >= 0.3 is 5.97 Å². The van der Waals surface area contributed by atoms with E-state index in [2.05, 4.69) is 9.97 Å². The second kappa shape index (κ2) is 7.56. The fourth-order valence-electron chi connectivity index (χ4n) is 4.54. The topological polar surface area (TPSA) is 143 Å². The van der Waals surface area contributed by atoms with Gasteiger partial charge in [-0.2, -0.15) is 0 Å². The molecule has 9 heteroatoms. The summed E-state index contributed by atoms with van der Waals surface area (Å²) in [5.74, 6) is -2.03. The molecule has 0 amide bonds. The zero-order chi connectivity index (χ0) is 24.3. The van der Waals surface area contributed by atoms with Crippen LogP contribution >= 0.6 is 0 Å². The molecule has 3 aromatic carbocycles. The summed E-state index contributed by atoms with van der Waals surface area (Å²) in [6.07, 6.45) is 3.08. The summed E-state index contributed by atoms with van der Waals surface area (Å²) in [5.41, 5.74) is 2.18. The number of benzene rings is 3. The first-order valence-corrected chi connectivity index (χ1v) is 10.7. The Bertz CT molecular complexity index is 1740. The van der Waals surface area contributed by atoms with E-state index in [4.69, 9.17) is 9.15 Å². The number of carbonyl (C=O) groups is 1. The van der Waals surface area contributed by atoms with E-state index >= 15 is 0 Å². The van der Waals surface area contributed by atoms with E-state index in [1.165, 1.54) is 30.3 Å². The van der Waals surface area contributed by atoms with Gasteiger partial charge in [0.1, 0.15) is 28.2 Å². The van der Waals surface area contributed by atoms with Gasteiger partial charge in [-0.15, -0.1) is 0 Å². The van der Waals surface area contributed by atoms with Crippen LogP contribution in [0.15, 0.2) is 70.1 Å². The Kier molecular flexibility index (Phi) is 4.46. The largest absolute Gasteiger partial charge is 0.507 e. The SMILES string of the molecule is O=C1C[C@H](c2cccc3nccnc23)c2c(cc(O)c3c(=O)cc(-c4ccc(O)c(O)c4)oc23)O1. The molecule has 0 fully saturated rings. The second-order valence-electron chi connectivity index (χ2n) is 8.19. The maximum absolute atomic E-state index is 13.1. The van der Waals surface area contributed by atoms with Crippen molar-refractivity contribution in [3.8, 4) is 34.3 Å². The van der Waals surface area contributed by atoms with Crippen LogP contribution in [0.5, 0.6) is 23.0 Å². The summed E-state index contributed by atoms with van der Waals surface area (Å²) >= 11 is 0. The fraction of sp³-hybridized carbons (Fsp3) is 0.0769. The Morgan fingerprint density at radius 2 is 1.71 bits per heavy atom. The molecule has 0 bridgehead atoms. The van der Waals surface area contributed by atoms with Crippen molar-refractivity contribution in [2.24, 2.45) is 0 Å². The molecule has 6 rings (SSSR count). The first-order valence-electron chi connectivity index (χ1n) is 10.7. The summed E-state index contributed by atoms with van der Waals surface area (Å²) in [4.78, 5) is 34.4. The van der Waals surface area contributed by atoms with E-state index in [1.54, 1.807) is 24.5 Å². The van der Waals surface area contributed by atoms with Crippen LogP contribution in [-0.2, 0) is 4.79 Å².